The van der Waals surface area contributed by atoms with E-state index in [0.717, 1.165) is 5.56 Å². The van der Waals surface area contributed by atoms with Gasteiger partial charge in [0.1, 0.15) is 17.8 Å². The molecule has 0 saturated heterocycles. The van der Waals surface area contributed by atoms with Crippen molar-refractivity contribution < 1.29 is 23.9 Å². The Kier molecular flexibility index (Phi) is 7.56. The Labute approximate surface area is 164 Å². The van der Waals surface area contributed by atoms with E-state index in [9.17, 15) is 14.4 Å². The van der Waals surface area contributed by atoms with Gasteiger partial charge in [0, 0.05) is 12.0 Å². The van der Waals surface area contributed by atoms with Gasteiger partial charge in [-0.25, -0.2) is 4.79 Å². The summed E-state index contributed by atoms with van der Waals surface area (Å²) in [5.41, 5.74) is 1.28. The van der Waals surface area contributed by atoms with Crippen LogP contribution in [-0.2, 0) is 20.7 Å². The van der Waals surface area contributed by atoms with Crippen LogP contribution in [0.25, 0.3) is 0 Å². The number of hydrogen-bond acceptors (Lipinski definition) is 5. The second-order valence-corrected chi connectivity index (χ2v) is 6.20. The molecule has 0 radical (unpaired) electrons. The van der Waals surface area contributed by atoms with Gasteiger partial charge in [-0.1, -0.05) is 30.3 Å². The third-order valence-electron chi connectivity index (χ3n) is 4.18. The van der Waals surface area contributed by atoms with Crippen molar-refractivity contribution in [1.82, 2.24) is 10.6 Å². The highest BCUT2D eigenvalue weighted by atomic mass is 16.5. The molecule has 7 heteroatoms. The van der Waals surface area contributed by atoms with Crippen molar-refractivity contribution in [1.29, 1.82) is 0 Å². The third kappa shape index (κ3) is 5.84. The van der Waals surface area contributed by atoms with Crippen LogP contribution in [0.5, 0.6) is 5.75 Å². The van der Waals surface area contributed by atoms with Crippen LogP contribution in [0, 0.1) is 0 Å². The van der Waals surface area contributed by atoms with E-state index in [1.807, 2.05) is 30.3 Å². The maximum absolute atomic E-state index is 12.5. The smallest absolute Gasteiger partial charge is 0.328 e. The van der Waals surface area contributed by atoms with Gasteiger partial charge < -0.3 is 20.1 Å². The van der Waals surface area contributed by atoms with Crippen molar-refractivity contribution in [3.8, 4) is 5.75 Å². The van der Waals surface area contributed by atoms with Crippen molar-refractivity contribution in [3.63, 3.8) is 0 Å². The minimum Gasteiger partial charge on any atom is -0.497 e. The summed E-state index contributed by atoms with van der Waals surface area (Å²) in [6.07, 6.45) is 0.290. The number of benzene rings is 2. The molecule has 0 unspecified atom stereocenters. The Morgan fingerprint density at radius 3 is 2.14 bits per heavy atom. The van der Waals surface area contributed by atoms with Crippen LogP contribution in [0.4, 0.5) is 0 Å². The number of esters is 1. The van der Waals surface area contributed by atoms with Crippen molar-refractivity contribution in [2.45, 2.75) is 25.4 Å². The molecule has 2 atom stereocenters. The average Bonchev–Trinajstić information content (AvgIpc) is 2.73. The lowest BCUT2D eigenvalue weighted by Gasteiger charge is -2.20. The number of carbonyl (C=O) groups is 3. The number of hydrogen-bond donors (Lipinski definition) is 2. The number of ether oxygens (including phenoxy) is 2. The van der Waals surface area contributed by atoms with Gasteiger partial charge in [0.2, 0.25) is 5.91 Å². The summed E-state index contributed by atoms with van der Waals surface area (Å²) < 4.78 is 9.84. The van der Waals surface area contributed by atoms with Gasteiger partial charge in [0.05, 0.1) is 14.2 Å². The fourth-order valence-corrected chi connectivity index (χ4v) is 2.57. The zero-order chi connectivity index (χ0) is 20.5. The molecule has 0 saturated carbocycles. The molecule has 0 aliphatic carbocycles. The summed E-state index contributed by atoms with van der Waals surface area (Å²) in [6, 6.07) is 14.1. The maximum atomic E-state index is 12.5. The highest BCUT2D eigenvalue weighted by Gasteiger charge is 2.25. The Morgan fingerprint density at radius 1 is 0.929 bits per heavy atom. The van der Waals surface area contributed by atoms with E-state index >= 15 is 0 Å². The molecule has 2 rings (SSSR count). The maximum Gasteiger partial charge on any atom is 0.328 e. The molecule has 2 aromatic rings. The summed E-state index contributed by atoms with van der Waals surface area (Å²) in [5.74, 6) is -0.800. The minimum absolute atomic E-state index is 0.290. The zero-order valence-electron chi connectivity index (χ0n) is 16.1. The first-order valence-electron chi connectivity index (χ1n) is 8.81. The van der Waals surface area contributed by atoms with Gasteiger partial charge in [-0.05, 0) is 36.8 Å². The highest BCUT2D eigenvalue weighted by Crippen LogP contribution is 2.11. The van der Waals surface area contributed by atoms with Crippen molar-refractivity contribution in [3.05, 3.63) is 65.7 Å². The van der Waals surface area contributed by atoms with Crippen LogP contribution < -0.4 is 15.4 Å². The first kappa shape index (κ1) is 21.0. The molecular weight excluding hydrogens is 360 g/mol. The van der Waals surface area contributed by atoms with E-state index in [1.54, 1.807) is 31.2 Å². The minimum atomic E-state index is -0.847. The monoisotopic (exact) mass is 384 g/mol. The Bertz CT molecular complexity index is 805. The summed E-state index contributed by atoms with van der Waals surface area (Å²) in [5, 5.41) is 5.26. The largest absolute Gasteiger partial charge is 0.497 e. The van der Waals surface area contributed by atoms with Gasteiger partial charge in [0.25, 0.3) is 5.91 Å². The molecule has 0 bridgehead atoms. The van der Waals surface area contributed by atoms with E-state index in [4.69, 9.17) is 9.47 Å². The molecule has 148 valence electrons. The fourth-order valence-electron chi connectivity index (χ4n) is 2.57. The van der Waals surface area contributed by atoms with Crippen molar-refractivity contribution in [2.75, 3.05) is 14.2 Å². The lowest BCUT2D eigenvalue weighted by atomic mass is 10.1. The molecule has 0 heterocycles. The molecule has 0 aliphatic rings. The lowest BCUT2D eigenvalue weighted by molar-refractivity contribution is -0.145. The van der Waals surface area contributed by atoms with E-state index in [-0.39, 0.29) is 0 Å². The quantitative estimate of drug-likeness (QED) is 0.676. The predicted molar refractivity (Wildman–Crippen MR) is 104 cm³/mol. The Hall–Kier alpha value is -3.35. The molecule has 2 amide bonds. The van der Waals surface area contributed by atoms with Crippen molar-refractivity contribution >= 4 is 17.8 Å². The van der Waals surface area contributed by atoms with E-state index in [0.29, 0.717) is 17.7 Å². The number of nitrogens with one attached hydrogen (secondary N) is 2. The van der Waals surface area contributed by atoms with Crippen LogP contribution in [0.2, 0.25) is 0 Å². The van der Waals surface area contributed by atoms with E-state index in [2.05, 4.69) is 10.6 Å². The molecule has 0 aromatic heterocycles. The Morgan fingerprint density at radius 2 is 1.57 bits per heavy atom. The summed E-state index contributed by atoms with van der Waals surface area (Å²) in [7, 11) is 2.80. The van der Waals surface area contributed by atoms with Gasteiger partial charge in [-0.2, -0.15) is 0 Å². The Balaban J connectivity index is 1.99. The van der Waals surface area contributed by atoms with E-state index < -0.39 is 29.9 Å². The summed E-state index contributed by atoms with van der Waals surface area (Å²) in [6.45, 7) is 1.55. The summed E-state index contributed by atoms with van der Waals surface area (Å²) >= 11 is 0. The third-order valence-corrected chi connectivity index (χ3v) is 4.18. The second kappa shape index (κ2) is 10.1. The molecule has 7 nitrogen and oxygen atoms in total. The van der Waals surface area contributed by atoms with Crippen molar-refractivity contribution in [2.24, 2.45) is 0 Å². The van der Waals surface area contributed by atoms with Crippen LogP contribution >= 0.6 is 0 Å². The average molecular weight is 384 g/mol. The molecule has 0 aliphatic heterocycles. The number of amides is 2. The molecule has 28 heavy (non-hydrogen) atoms. The van der Waals surface area contributed by atoms with Crippen LogP contribution in [-0.4, -0.2) is 44.1 Å². The topological polar surface area (TPSA) is 93.7 Å². The number of methoxy groups -OCH3 is 2. The van der Waals surface area contributed by atoms with Gasteiger partial charge in [-0.3, -0.25) is 9.59 Å². The molecular formula is C21H24N2O5. The van der Waals surface area contributed by atoms with Crippen LogP contribution in [0.15, 0.2) is 54.6 Å². The fraction of sp³-hybridized carbons (Fsp3) is 0.286. The molecule has 0 spiro atoms. The molecule has 2 aromatic carbocycles. The van der Waals surface area contributed by atoms with Gasteiger partial charge in [0.15, 0.2) is 0 Å². The molecule has 0 fully saturated rings. The van der Waals surface area contributed by atoms with Crippen LogP contribution in [0.3, 0.4) is 0 Å². The summed E-state index contributed by atoms with van der Waals surface area (Å²) in [4.78, 5) is 36.8. The standard InChI is InChI=1S/C21H24N2O5/c1-14(22-20(25)16-9-11-17(27-2)12-10-16)19(24)23-18(21(26)28-3)13-15-7-5-4-6-8-15/h4-12,14,18H,13H2,1-3H3,(H,22,25)(H,23,24)/t14-,18+/m1/s1. The number of rotatable bonds is 8. The predicted octanol–water partition coefficient (Wildman–Crippen LogP) is 1.71. The van der Waals surface area contributed by atoms with E-state index in [1.165, 1.54) is 14.2 Å². The van der Waals surface area contributed by atoms with Gasteiger partial charge in [-0.15, -0.1) is 0 Å². The first-order chi connectivity index (χ1) is 13.4. The zero-order valence-corrected chi connectivity index (χ0v) is 16.1. The highest BCUT2D eigenvalue weighted by molar-refractivity contribution is 5.98. The SMILES string of the molecule is COC(=O)[C@H](Cc1ccccc1)NC(=O)[C@@H](C)NC(=O)c1ccc(OC)cc1. The number of carbonyl (C=O) groups excluding carboxylic acids is 3. The molecule has 2 N–H and O–H groups in total. The lowest BCUT2D eigenvalue weighted by Crippen LogP contribution is -2.51. The normalized spacial score (nSPS) is 12.4. The second-order valence-electron chi connectivity index (χ2n) is 6.20. The van der Waals surface area contributed by atoms with Crippen LogP contribution in [0.1, 0.15) is 22.8 Å². The first-order valence-corrected chi connectivity index (χ1v) is 8.81. The van der Waals surface area contributed by atoms with Gasteiger partial charge >= 0.3 is 5.97 Å².